The minimum absolute atomic E-state index is 0.194. The number of nitrogens with one attached hydrogen (secondary N) is 3. The SMILES string of the molecule is Cc1cc(OCCCc2c(C(=O)NS(=O)(=O)CCNCC(C)C)[nH]c3cc(Cl)ccc23)cc(C)c1Cl. The zero-order valence-electron chi connectivity index (χ0n) is 21.0. The third-order valence-corrected chi connectivity index (χ3v) is 7.76. The second-order valence-electron chi connectivity index (χ2n) is 9.34. The summed E-state index contributed by atoms with van der Waals surface area (Å²) in [4.78, 5) is 16.1. The first-order chi connectivity index (χ1) is 17.0. The number of halogens is 2. The van der Waals surface area contributed by atoms with Crippen molar-refractivity contribution < 1.29 is 17.9 Å². The summed E-state index contributed by atoms with van der Waals surface area (Å²) in [6.07, 6.45) is 1.12. The molecule has 0 unspecified atom stereocenters. The maximum Gasteiger partial charge on any atom is 0.281 e. The minimum Gasteiger partial charge on any atom is -0.494 e. The molecule has 36 heavy (non-hydrogen) atoms. The van der Waals surface area contributed by atoms with Gasteiger partial charge in [0, 0.05) is 27.5 Å². The number of fused-ring (bicyclic) bond motifs is 1. The monoisotopic (exact) mass is 553 g/mol. The van der Waals surface area contributed by atoms with Crippen LogP contribution in [0.25, 0.3) is 10.9 Å². The fraction of sp³-hybridized carbons (Fsp3) is 0.423. The quantitative estimate of drug-likeness (QED) is 0.260. The van der Waals surface area contributed by atoms with Gasteiger partial charge in [-0.05, 0) is 80.1 Å². The Hall–Kier alpha value is -2.26. The lowest BCUT2D eigenvalue weighted by Gasteiger charge is -2.11. The van der Waals surface area contributed by atoms with E-state index in [1.54, 1.807) is 12.1 Å². The van der Waals surface area contributed by atoms with Gasteiger partial charge in [-0.1, -0.05) is 43.1 Å². The normalized spacial score (nSPS) is 11.9. The minimum atomic E-state index is -3.81. The summed E-state index contributed by atoms with van der Waals surface area (Å²) in [5.74, 6) is 0.252. The van der Waals surface area contributed by atoms with Gasteiger partial charge in [-0.3, -0.25) is 4.79 Å². The topological polar surface area (TPSA) is 100 Å². The third kappa shape index (κ3) is 7.62. The molecule has 10 heteroatoms. The highest BCUT2D eigenvalue weighted by Gasteiger charge is 2.22. The van der Waals surface area contributed by atoms with Crippen LogP contribution in [0.4, 0.5) is 0 Å². The number of rotatable bonds is 12. The summed E-state index contributed by atoms with van der Waals surface area (Å²) in [5, 5.41) is 5.13. The van der Waals surface area contributed by atoms with E-state index in [4.69, 9.17) is 27.9 Å². The summed E-state index contributed by atoms with van der Waals surface area (Å²) in [7, 11) is -3.81. The van der Waals surface area contributed by atoms with E-state index in [2.05, 4.69) is 15.0 Å². The maximum absolute atomic E-state index is 13.0. The number of sulfonamides is 1. The Morgan fingerprint density at radius 1 is 1.11 bits per heavy atom. The van der Waals surface area contributed by atoms with Crippen LogP contribution >= 0.6 is 23.2 Å². The van der Waals surface area contributed by atoms with Gasteiger partial charge in [-0.2, -0.15) is 0 Å². The molecule has 0 saturated carbocycles. The molecule has 0 aliphatic carbocycles. The molecule has 0 atom stereocenters. The van der Waals surface area contributed by atoms with Crippen molar-refractivity contribution in [2.75, 3.05) is 25.4 Å². The molecular formula is C26H33Cl2N3O4S. The molecular weight excluding hydrogens is 521 g/mol. The van der Waals surface area contributed by atoms with Crippen molar-refractivity contribution in [1.82, 2.24) is 15.0 Å². The number of hydrogen-bond acceptors (Lipinski definition) is 5. The van der Waals surface area contributed by atoms with Crippen LogP contribution in [0.2, 0.25) is 10.0 Å². The number of aromatic amines is 1. The number of ether oxygens (including phenoxy) is 1. The average Bonchev–Trinajstić information content (AvgIpc) is 3.15. The van der Waals surface area contributed by atoms with E-state index < -0.39 is 15.9 Å². The Morgan fingerprint density at radius 3 is 2.47 bits per heavy atom. The van der Waals surface area contributed by atoms with Gasteiger partial charge in [-0.25, -0.2) is 13.1 Å². The summed E-state index contributed by atoms with van der Waals surface area (Å²) in [5.41, 5.74) is 3.49. The molecule has 0 aliphatic rings. The molecule has 0 bridgehead atoms. The highest BCUT2D eigenvalue weighted by atomic mass is 35.5. The Morgan fingerprint density at radius 2 is 1.81 bits per heavy atom. The fourth-order valence-corrected chi connectivity index (χ4v) is 5.13. The van der Waals surface area contributed by atoms with Crippen LogP contribution in [0.3, 0.4) is 0 Å². The lowest BCUT2D eigenvalue weighted by molar-refractivity contribution is 0.0976. The first kappa shape index (κ1) is 28.3. The average molecular weight is 555 g/mol. The van der Waals surface area contributed by atoms with E-state index in [0.29, 0.717) is 42.5 Å². The molecule has 2 aromatic carbocycles. The van der Waals surface area contributed by atoms with Gasteiger partial charge in [0.1, 0.15) is 11.4 Å². The highest BCUT2D eigenvalue weighted by molar-refractivity contribution is 7.90. The second-order valence-corrected chi connectivity index (χ2v) is 12.0. The lowest BCUT2D eigenvalue weighted by atomic mass is 10.1. The van der Waals surface area contributed by atoms with Crippen LogP contribution in [0.15, 0.2) is 30.3 Å². The molecule has 0 spiro atoms. The van der Waals surface area contributed by atoms with Crippen molar-refractivity contribution in [2.45, 2.75) is 40.5 Å². The van der Waals surface area contributed by atoms with Gasteiger partial charge in [0.05, 0.1) is 12.4 Å². The Labute approximate surface area is 223 Å². The van der Waals surface area contributed by atoms with Gasteiger partial charge >= 0.3 is 0 Å². The molecule has 3 rings (SSSR count). The molecule has 0 fully saturated rings. The molecule has 3 N–H and O–H groups in total. The molecule has 1 amide bonds. The standard InChI is InChI=1S/C26H33Cl2N3O4S/c1-16(2)15-29-9-11-36(33,34)31-26(32)25-22(21-8-7-19(27)14-23(21)30-25)6-5-10-35-20-12-17(3)24(28)18(4)13-20/h7-8,12-14,16,29-30H,5-6,9-11,15H2,1-4H3,(H,31,32). The number of benzene rings is 2. The van der Waals surface area contributed by atoms with Crippen molar-refractivity contribution in [3.63, 3.8) is 0 Å². The Kier molecular flexibility index (Phi) is 9.69. The van der Waals surface area contributed by atoms with E-state index in [1.807, 2.05) is 45.9 Å². The molecule has 1 heterocycles. The van der Waals surface area contributed by atoms with E-state index >= 15 is 0 Å². The van der Waals surface area contributed by atoms with Crippen LogP contribution in [-0.4, -0.2) is 44.8 Å². The van der Waals surface area contributed by atoms with E-state index in [9.17, 15) is 13.2 Å². The maximum atomic E-state index is 13.0. The predicted molar refractivity (Wildman–Crippen MR) is 147 cm³/mol. The third-order valence-electron chi connectivity index (χ3n) is 5.69. The summed E-state index contributed by atoms with van der Waals surface area (Å²) < 4.78 is 33.1. The molecule has 0 radical (unpaired) electrons. The smallest absolute Gasteiger partial charge is 0.281 e. The predicted octanol–water partition coefficient (Wildman–Crippen LogP) is 5.41. The van der Waals surface area contributed by atoms with Crippen molar-refractivity contribution in [3.05, 3.63) is 62.8 Å². The summed E-state index contributed by atoms with van der Waals surface area (Å²) in [6, 6.07) is 9.08. The molecule has 196 valence electrons. The van der Waals surface area contributed by atoms with Crippen molar-refractivity contribution >= 4 is 50.0 Å². The highest BCUT2D eigenvalue weighted by Crippen LogP contribution is 2.28. The Bertz CT molecular complexity index is 1310. The number of carbonyl (C=O) groups is 1. The second kappa shape index (κ2) is 12.3. The van der Waals surface area contributed by atoms with Crippen LogP contribution in [0.1, 0.15) is 47.4 Å². The summed E-state index contributed by atoms with van der Waals surface area (Å²) >= 11 is 12.4. The van der Waals surface area contributed by atoms with Crippen LogP contribution in [-0.2, 0) is 16.4 Å². The van der Waals surface area contributed by atoms with Gasteiger partial charge in [0.2, 0.25) is 10.0 Å². The first-order valence-electron chi connectivity index (χ1n) is 11.9. The number of carbonyl (C=O) groups excluding carboxylic acids is 1. The molecule has 0 saturated heterocycles. The summed E-state index contributed by atoms with van der Waals surface area (Å²) in [6.45, 7) is 9.31. The molecule has 1 aromatic heterocycles. The Balaban J connectivity index is 1.71. The van der Waals surface area contributed by atoms with Gasteiger partial charge < -0.3 is 15.0 Å². The molecule has 3 aromatic rings. The van der Waals surface area contributed by atoms with Crippen molar-refractivity contribution in [3.8, 4) is 5.75 Å². The largest absolute Gasteiger partial charge is 0.494 e. The van der Waals surface area contributed by atoms with E-state index in [1.165, 1.54) is 0 Å². The zero-order chi connectivity index (χ0) is 26.5. The number of H-pyrrole nitrogens is 1. The lowest BCUT2D eigenvalue weighted by Crippen LogP contribution is -2.37. The van der Waals surface area contributed by atoms with Crippen LogP contribution in [0.5, 0.6) is 5.75 Å². The van der Waals surface area contributed by atoms with Gasteiger partial charge in [0.15, 0.2) is 0 Å². The van der Waals surface area contributed by atoms with E-state index in [0.717, 1.165) is 32.8 Å². The van der Waals surface area contributed by atoms with Crippen LogP contribution < -0.4 is 14.8 Å². The van der Waals surface area contributed by atoms with Gasteiger partial charge in [-0.15, -0.1) is 0 Å². The number of aryl methyl sites for hydroxylation is 3. The first-order valence-corrected chi connectivity index (χ1v) is 14.3. The zero-order valence-corrected chi connectivity index (χ0v) is 23.3. The number of amides is 1. The van der Waals surface area contributed by atoms with E-state index in [-0.39, 0.29) is 18.0 Å². The van der Waals surface area contributed by atoms with Gasteiger partial charge in [0.25, 0.3) is 5.91 Å². The van der Waals surface area contributed by atoms with Crippen LogP contribution in [0, 0.1) is 19.8 Å². The molecule has 7 nitrogen and oxygen atoms in total. The fourth-order valence-electron chi connectivity index (χ4n) is 3.95. The van der Waals surface area contributed by atoms with Crippen molar-refractivity contribution in [2.24, 2.45) is 5.92 Å². The van der Waals surface area contributed by atoms with Crippen molar-refractivity contribution in [1.29, 1.82) is 0 Å². The molecule has 0 aliphatic heterocycles. The number of aromatic nitrogens is 1. The number of hydrogen-bond donors (Lipinski definition) is 3.